The van der Waals surface area contributed by atoms with Crippen LogP contribution in [0.4, 0.5) is 0 Å². The molecule has 0 saturated heterocycles. The maximum atomic E-state index is 7.75. The number of hydrogen-bond acceptors (Lipinski definition) is 1. The fraction of sp³-hybridized carbons (Fsp3) is 0. The van der Waals surface area contributed by atoms with E-state index in [1.54, 1.807) is 0 Å². The van der Waals surface area contributed by atoms with Gasteiger partial charge in [0.25, 0.3) is 0 Å². The Hall–Kier alpha value is 2.42. The fourth-order valence-electron chi connectivity index (χ4n) is 0. The van der Waals surface area contributed by atoms with Gasteiger partial charge in [-0.15, -0.1) is 0 Å². The summed E-state index contributed by atoms with van der Waals surface area (Å²) < 4.78 is 0. The van der Waals surface area contributed by atoms with Crippen LogP contribution in [0.2, 0.25) is 0 Å². The van der Waals surface area contributed by atoms with Crippen molar-refractivity contribution in [1.82, 2.24) is 0 Å². The molecule has 0 aromatic rings. The van der Waals surface area contributed by atoms with Crippen molar-refractivity contribution in [3.05, 3.63) is 0 Å². The van der Waals surface area contributed by atoms with Crippen molar-refractivity contribution >= 4 is 67.7 Å². The predicted molar refractivity (Wildman–Crippen MR) is 41.9 cm³/mol. The first-order valence-corrected chi connectivity index (χ1v) is 9.59. The van der Waals surface area contributed by atoms with Gasteiger partial charge in [0.05, 0.1) is 0 Å². The molecule has 0 aromatic heterocycles. The van der Waals surface area contributed by atoms with Crippen LogP contribution >= 0.6 is 60.9 Å². The molecule has 1 nitrogen and oxygen atoms in total. The quantitative estimate of drug-likeness (QED) is 0.474. The molecule has 0 radical (unpaired) electrons. The third kappa shape index (κ3) is 158. The van der Waals surface area contributed by atoms with Crippen LogP contribution < -0.4 is 0 Å². The topological polar surface area (TPSA) is 17.1 Å². The van der Waals surface area contributed by atoms with Crippen molar-refractivity contribution in [2.45, 2.75) is 0 Å². The van der Waals surface area contributed by atoms with Crippen LogP contribution in [0.25, 0.3) is 0 Å². The van der Waals surface area contributed by atoms with Gasteiger partial charge in [-0.05, 0) is 0 Å². The number of carbonyl (C=O) groups excluding carboxylic acids is 1. The van der Waals surface area contributed by atoms with E-state index in [9.17, 15) is 0 Å². The summed E-state index contributed by atoms with van der Waals surface area (Å²) in [6.07, 6.45) is 0. The standard InChI is InChI=1S/CHO.6ClH.2Co/c1-2;;;;;;;;/h1H;6*1H;;/q-1;;;;;;;2*+3/p-6. The monoisotopic (exact) mass is 357 g/mol. The van der Waals surface area contributed by atoms with Gasteiger partial charge in [-0.1, -0.05) is 0 Å². The van der Waals surface area contributed by atoms with Crippen LogP contribution in [-0.4, -0.2) is 6.79 Å². The minimum absolute atomic E-state index is 1.19. The fourth-order valence-corrected chi connectivity index (χ4v) is 0. The summed E-state index contributed by atoms with van der Waals surface area (Å²) in [4.78, 5) is 7.75. The predicted octanol–water partition coefficient (Wildman–Crippen LogP) is 3.86. The third-order valence-corrected chi connectivity index (χ3v) is 0. The van der Waals surface area contributed by atoms with E-state index in [-0.39, 0.29) is 0 Å². The second-order valence-electron chi connectivity index (χ2n) is 0.286. The third-order valence-electron chi connectivity index (χ3n) is 0. The van der Waals surface area contributed by atoms with E-state index in [1.807, 2.05) is 0 Å². The van der Waals surface area contributed by atoms with Crippen LogP contribution in [0.15, 0.2) is 0 Å². The van der Waals surface area contributed by atoms with Crippen molar-refractivity contribution in [1.29, 1.82) is 0 Å². The zero-order valence-corrected chi connectivity index (χ0v) is 10.5. The van der Waals surface area contributed by atoms with E-state index in [4.69, 9.17) is 65.7 Å². The molecule has 0 aromatic carbocycles. The zero-order valence-electron chi connectivity index (χ0n) is 3.92. The Bertz CT molecular complexity index is 39.5. The molecule has 0 heterocycles. The molecule has 72 valence electrons. The molecule has 0 amide bonds. The maximum absolute atomic E-state index is 7.75. The summed E-state index contributed by atoms with van der Waals surface area (Å²) in [5.41, 5.74) is 0. The Kier molecular flexibility index (Phi) is 31.9. The van der Waals surface area contributed by atoms with Crippen molar-refractivity contribution in [2.24, 2.45) is 0 Å². The molecular weight excluding hydrogens is 359 g/mol. The molecule has 10 heavy (non-hydrogen) atoms. The van der Waals surface area contributed by atoms with E-state index < -0.39 is 21.9 Å². The first kappa shape index (κ1) is 18.3. The van der Waals surface area contributed by atoms with Gasteiger partial charge in [-0.3, -0.25) is 6.79 Å². The Balaban J connectivity index is -0.0000000787. The molecule has 0 fully saturated rings. The normalized spacial score (nSPS) is 9.40. The van der Waals surface area contributed by atoms with Crippen LogP contribution in [0.3, 0.4) is 0 Å². The summed E-state index contributed by atoms with van der Waals surface area (Å²) in [6, 6.07) is 0. The van der Waals surface area contributed by atoms with Crippen LogP contribution in [0.1, 0.15) is 0 Å². The summed E-state index contributed by atoms with van der Waals surface area (Å²) >= 11 is 0. The molecule has 0 spiro atoms. The van der Waals surface area contributed by atoms with Crippen molar-refractivity contribution in [2.75, 3.05) is 0 Å². The number of halogens is 6. The van der Waals surface area contributed by atoms with E-state index in [2.05, 4.69) is 6.79 Å². The molecule has 0 bridgehead atoms. The van der Waals surface area contributed by atoms with Crippen LogP contribution in [-0.2, 0) is 26.7 Å². The van der Waals surface area contributed by atoms with E-state index in [0.717, 1.165) is 0 Å². The summed E-state index contributed by atoms with van der Waals surface area (Å²) in [5, 5.41) is 0. The molecule has 0 aliphatic rings. The van der Waals surface area contributed by atoms with E-state index in [0.29, 0.717) is 0 Å². The molecule has 0 saturated carbocycles. The van der Waals surface area contributed by atoms with Crippen molar-refractivity contribution in [3.63, 3.8) is 0 Å². The van der Waals surface area contributed by atoms with Gasteiger partial charge in [0.1, 0.15) is 0 Å². The van der Waals surface area contributed by atoms with Gasteiger partial charge in [0.15, 0.2) is 0 Å². The Morgan fingerprint density at radius 3 is 0.700 bits per heavy atom. The molecule has 9 heteroatoms. The van der Waals surface area contributed by atoms with Crippen LogP contribution in [0, 0.1) is 0 Å². The summed E-state index contributed by atoms with van der Waals surface area (Å²) in [6.45, 7) is 3.25. The SMILES string of the molecule is [CH-]=O.[Cl][Co]([Cl])[Cl].[Cl][Co]([Cl])[Cl]. The first-order chi connectivity index (χ1) is 4.46. The Labute approximate surface area is 93.2 Å². The van der Waals surface area contributed by atoms with Gasteiger partial charge in [-0.2, -0.15) is 0 Å². The van der Waals surface area contributed by atoms with Gasteiger partial charge < -0.3 is 4.79 Å². The molecule has 0 rings (SSSR count). The second-order valence-corrected chi connectivity index (χ2v) is 10.6. The molecular formula is CHCl6Co2O-. The van der Waals surface area contributed by atoms with Crippen LogP contribution in [0.5, 0.6) is 0 Å². The average molecular weight is 360 g/mol. The summed E-state index contributed by atoms with van der Waals surface area (Å²) in [7, 11) is 26.8. The summed E-state index contributed by atoms with van der Waals surface area (Å²) in [5.74, 6) is 0. The average Bonchev–Trinajstić information content (AvgIpc) is 1.66. The molecule has 0 aliphatic heterocycles. The first-order valence-electron chi connectivity index (χ1n) is 0.992. The van der Waals surface area contributed by atoms with Gasteiger partial charge in [0.2, 0.25) is 0 Å². The van der Waals surface area contributed by atoms with E-state index in [1.165, 1.54) is 0 Å². The molecule has 0 aliphatic carbocycles. The Morgan fingerprint density at radius 2 is 0.700 bits per heavy atom. The van der Waals surface area contributed by atoms with Gasteiger partial charge >= 0.3 is 82.8 Å². The van der Waals surface area contributed by atoms with Gasteiger partial charge in [0, 0.05) is 0 Å². The number of rotatable bonds is 0. The second kappa shape index (κ2) is 17.5. The zero-order chi connectivity index (χ0) is 9.15. The van der Waals surface area contributed by atoms with Gasteiger partial charge in [-0.25, -0.2) is 0 Å². The Morgan fingerprint density at radius 1 is 0.700 bits per heavy atom. The molecule has 0 unspecified atom stereocenters. The number of hydrogen-bond donors (Lipinski definition) is 0. The van der Waals surface area contributed by atoms with Crippen molar-refractivity contribution in [3.8, 4) is 0 Å². The van der Waals surface area contributed by atoms with Crippen molar-refractivity contribution < 1.29 is 26.7 Å². The van der Waals surface area contributed by atoms with E-state index >= 15 is 0 Å². The molecule has 0 atom stereocenters. The minimum atomic E-state index is -1.19. The molecule has 0 N–H and O–H groups in total.